The Bertz CT molecular complexity index is 425. The highest BCUT2D eigenvalue weighted by Crippen LogP contribution is 2.46. The lowest BCUT2D eigenvalue weighted by Gasteiger charge is -2.45. The molecule has 106 valence electrons. The van der Waals surface area contributed by atoms with E-state index in [1.807, 2.05) is 6.07 Å². The summed E-state index contributed by atoms with van der Waals surface area (Å²) in [6.45, 7) is 9.37. The molecule has 1 aliphatic rings. The van der Waals surface area contributed by atoms with Crippen LogP contribution in [0, 0.1) is 10.8 Å². The van der Waals surface area contributed by atoms with E-state index in [2.05, 4.69) is 48.4 Å². The Balaban J connectivity index is 2.09. The van der Waals surface area contributed by atoms with Crippen LogP contribution in [0.15, 0.2) is 12.4 Å². The summed E-state index contributed by atoms with van der Waals surface area (Å²) in [5, 5.41) is 3.52. The molecule has 5 nitrogen and oxygen atoms in total. The third kappa shape index (κ3) is 3.80. The van der Waals surface area contributed by atoms with Gasteiger partial charge < -0.3 is 10.7 Å². The first kappa shape index (κ1) is 14.1. The zero-order valence-electron chi connectivity index (χ0n) is 12.3. The molecule has 0 saturated heterocycles. The van der Waals surface area contributed by atoms with Crippen LogP contribution in [0.3, 0.4) is 0 Å². The van der Waals surface area contributed by atoms with Gasteiger partial charge in [-0.2, -0.15) is 0 Å². The van der Waals surface area contributed by atoms with Crippen LogP contribution in [0.5, 0.6) is 0 Å². The Labute approximate surface area is 115 Å². The van der Waals surface area contributed by atoms with E-state index in [4.69, 9.17) is 5.84 Å². The van der Waals surface area contributed by atoms with Crippen molar-refractivity contribution in [3.63, 3.8) is 0 Å². The highest BCUT2D eigenvalue weighted by molar-refractivity contribution is 5.46. The largest absolute Gasteiger partial charge is 0.367 e. The van der Waals surface area contributed by atoms with Gasteiger partial charge in [-0.15, -0.1) is 0 Å². The van der Waals surface area contributed by atoms with Crippen molar-refractivity contribution in [2.45, 2.75) is 53.0 Å². The van der Waals surface area contributed by atoms with Gasteiger partial charge in [-0.3, -0.25) is 0 Å². The highest BCUT2D eigenvalue weighted by atomic mass is 15.3. The Kier molecular flexibility index (Phi) is 3.67. The Morgan fingerprint density at radius 3 is 2.26 bits per heavy atom. The molecule has 1 fully saturated rings. The average Bonchev–Trinajstić information content (AvgIpc) is 2.24. The molecule has 0 unspecified atom stereocenters. The fourth-order valence-electron chi connectivity index (χ4n) is 3.67. The third-order valence-electron chi connectivity index (χ3n) is 3.72. The van der Waals surface area contributed by atoms with Crippen molar-refractivity contribution in [2.75, 3.05) is 10.7 Å². The van der Waals surface area contributed by atoms with Crippen LogP contribution in [0.2, 0.25) is 0 Å². The van der Waals surface area contributed by atoms with E-state index in [-0.39, 0.29) is 0 Å². The van der Waals surface area contributed by atoms with E-state index >= 15 is 0 Å². The summed E-state index contributed by atoms with van der Waals surface area (Å²) < 4.78 is 0. The number of nitrogens with one attached hydrogen (secondary N) is 2. The van der Waals surface area contributed by atoms with Gasteiger partial charge in [-0.25, -0.2) is 15.8 Å². The van der Waals surface area contributed by atoms with Gasteiger partial charge in [0.2, 0.25) is 0 Å². The van der Waals surface area contributed by atoms with Gasteiger partial charge >= 0.3 is 0 Å². The molecule has 1 saturated carbocycles. The number of aromatic nitrogens is 2. The Morgan fingerprint density at radius 1 is 1.11 bits per heavy atom. The summed E-state index contributed by atoms with van der Waals surface area (Å²) in [4.78, 5) is 8.28. The molecule has 0 amide bonds. The van der Waals surface area contributed by atoms with E-state index in [0.29, 0.717) is 22.7 Å². The van der Waals surface area contributed by atoms with E-state index in [0.717, 1.165) is 18.7 Å². The fourth-order valence-corrected chi connectivity index (χ4v) is 3.67. The molecule has 1 aliphatic carbocycles. The minimum Gasteiger partial charge on any atom is -0.367 e. The number of hydrogen-bond acceptors (Lipinski definition) is 5. The van der Waals surface area contributed by atoms with E-state index in [9.17, 15) is 0 Å². The molecule has 2 rings (SSSR count). The predicted molar refractivity (Wildman–Crippen MR) is 78.7 cm³/mol. The first-order valence-corrected chi connectivity index (χ1v) is 6.85. The molecule has 0 aromatic carbocycles. The molecule has 0 radical (unpaired) electrons. The van der Waals surface area contributed by atoms with Gasteiger partial charge in [0.15, 0.2) is 0 Å². The SMILES string of the molecule is CC1(C)CC(Nc2cc(NN)ncn2)CC(C)(C)C1. The maximum Gasteiger partial charge on any atom is 0.145 e. The standard InChI is InChI=1S/C14H25N5/c1-13(2)6-10(7-14(3,4)8-13)18-11-5-12(19-15)17-9-16-11/h5,9-10H,6-8,15H2,1-4H3,(H2,16,17,18,19). The molecule has 5 heteroatoms. The number of nitrogens with two attached hydrogens (primary N) is 1. The van der Waals surface area contributed by atoms with Crippen LogP contribution < -0.4 is 16.6 Å². The average molecular weight is 263 g/mol. The zero-order valence-corrected chi connectivity index (χ0v) is 12.3. The van der Waals surface area contributed by atoms with Crippen LogP contribution in [-0.4, -0.2) is 16.0 Å². The molecular weight excluding hydrogens is 238 g/mol. The second kappa shape index (κ2) is 4.96. The van der Waals surface area contributed by atoms with E-state index < -0.39 is 0 Å². The van der Waals surface area contributed by atoms with Crippen LogP contribution in [0.1, 0.15) is 47.0 Å². The molecule has 0 bridgehead atoms. The predicted octanol–water partition coefficient (Wildman–Crippen LogP) is 2.78. The van der Waals surface area contributed by atoms with Crippen LogP contribution in [-0.2, 0) is 0 Å². The monoisotopic (exact) mass is 263 g/mol. The maximum absolute atomic E-state index is 5.37. The van der Waals surface area contributed by atoms with Gasteiger partial charge in [0.1, 0.15) is 18.0 Å². The summed E-state index contributed by atoms with van der Waals surface area (Å²) in [6, 6.07) is 2.29. The third-order valence-corrected chi connectivity index (χ3v) is 3.72. The van der Waals surface area contributed by atoms with Gasteiger partial charge in [-0.1, -0.05) is 27.7 Å². The molecule has 4 N–H and O–H groups in total. The number of hydrogen-bond donors (Lipinski definition) is 3. The van der Waals surface area contributed by atoms with Crippen molar-refractivity contribution in [1.29, 1.82) is 0 Å². The van der Waals surface area contributed by atoms with Crippen LogP contribution >= 0.6 is 0 Å². The summed E-state index contributed by atoms with van der Waals surface area (Å²) in [7, 11) is 0. The van der Waals surface area contributed by atoms with Crippen molar-refractivity contribution in [2.24, 2.45) is 16.7 Å². The lowest BCUT2D eigenvalue weighted by molar-refractivity contribution is 0.105. The lowest BCUT2D eigenvalue weighted by Crippen LogP contribution is -2.40. The minimum atomic E-state index is 0.362. The number of nitrogen functional groups attached to an aromatic ring is 1. The summed E-state index contributed by atoms with van der Waals surface area (Å²) in [5.74, 6) is 6.84. The molecule has 0 spiro atoms. The number of hydrazine groups is 1. The van der Waals surface area contributed by atoms with Gasteiger partial charge in [-0.05, 0) is 30.1 Å². The van der Waals surface area contributed by atoms with Crippen LogP contribution in [0.25, 0.3) is 0 Å². The van der Waals surface area contributed by atoms with Gasteiger partial charge in [0.05, 0.1) is 0 Å². The number of anilines is 2. The van der Waals surface area contributed by atoms with Crippen molar-refractivity contribution in [3.8, 4) is 0 Å². The molecule has 1 heterocycles. The van der Waals surface area contributed by atoms with Gasteiger partial charge in [0, 0.05) is 12.1 Å². The second-order valence-electron chi connectivity index (χ2n) is 7.19. The van der Waals surface area contributed by atoms with Gasteiger partial charge in [0.25, 0.3) is 0 Å². The first-order valence-electron chi connectivity index (χ1n) is 6.85. The molecule has 1 aromatic heterocycles. The second-order valence-corrected chi connectivity index (χ2v) is 7.19. The smallest absolute Gasteiger partial charge is 0.145 e. The molecule has 1 aromatic rings. The quantitative estimate of drug-likeness (QED) is 0.577. The van der Waals surface area contributed by atoms with Crippen LogP contribution in [0.4, 0.5) is 11.6 Å². The zero-order chi connectivity index (χ0) is 14.1. The molecule has 0 aliphatic heterocycles. The summed E-state index contributed by atoms with van der Waals surface area (Å²) >= 11 is 0. The van der Waals surface area contributed by atoms with Crippen molar-refractivity contribution in [3.05, 3.63) is 12.4 Å². The topological polar surface area (TPSA) is 75.9 Å². The fraction of sp³-hybridized carbons (Fsp3) is 0.714. The first-order chi connectivity index (χ1) is 8.80. The summed E-state index contributed by atoms with van der Waals surface area (Å²) in [6.07, 6.45) is 5.10. The van der Waals surface area contributed by atoms with Crippen molar-refractivity contribution >= 4 is 11.6 Å². The van der Waals surface area contributed by atoms with Crippen molar-refractivity contribution in [1.82, 2.24) is 9.97 Å². The lowest BCUT2D eigenvalue weighted by atomic mass is 9.63. The number of nitrogens with zero attached hydrogens (tertiary/aromatic N) is 2. The van der Waals surface area contributed by atoms with E-state index in [1.54, 1.807) is 0 Å². The normalized spacial score (nSPS) is 21.9. The molecular formula is C14H25N5. The highest BCUT2D eigenvalue weighted by Gasteiger charge is 2.38. The number of rotatable bonds is 3. The molecule has 19 heavy (non-hydrogen) atoms. The minimum absolute atomic E-state index is 0.362. The maximum atomic E-state index is 5.37. The van der Waals surface area contributed by atoms with Crippen molar-refractivity contribution < 1.29 is 0 Å². The summed E-state index contributed by atoms with van der Waals surface area (Å²) in [5.41, 5.74) is 3.27. The Morgan fingerprint density at radius 2 is 1.68 bits per heavy atom. The Hall–Kier alpha value is -1.36. The van der Waals surface area contributed by atoms with E-state index in [1.165, 1.54) is 12.7 Å². The molecule has 0 atom stereocenters.